The standard InChI is InChI=1S/C18H19N3O3S/c1-15(22)13-21(17-10-6-3-7-11-17)25(23,24)18-12-19-20(14-18)16-8-4-2-5-9-16/h2-12,14-15,22H,13H2,1H3/t15-/m1/s1. The number of hydrogen-bond donors (Lipinski definition) is 1. The third kappa shape index (κ3) is 3.72. The average molecular weight is 357 g/mol. The zero-order chi connectivity index (χ0) is 17.9. The fourth-order valence-corrected chi connectivity index (χ4v) is 3.94. The van der Waals surface area contributed by atoms with Crippen LogP contribution in [0, 0.1) is 0 Å². The second-order valence-electron chi connectivity index (χ2n) is 5.68. The van der Waals surface area contributed by atoms with E-state index in [1.165, 1.54) is 21.4 Å². The topological polar surface area (TPSA) is 75.4 Å². The first kappa shape index (κ1) is 17.2. The van der Waals surface area contributed by atoms with E-state index in [0.29, 0.717) is 5.69 Å². The summed E-state index contributed by atoms with van der Waals surface area (Å²) < 4.78 is 28.9. The summed E-state index contributed by atoms with van der Waals surface area (Å²) in [6.45, 7) is 1.52. The number of aliphatic hydroxyl groups excluding tert-OH is 1. The summed E-state index contributed by atoms with van der Waals surface area (Å²) in [5.41, 5.74) is 1.27. The lowest BCUT2D eigenvalue weighted by Crippen LogP contribution is -2.36. The molecule has 0 fully saturated rings. The van der Waals surface area contributed by atoms with Crippen molar-refractivity contribution in [3.8, 4) is 5.69 Å². The van der Waals surface area contributed by atoms with Gasteiger partial charge in [-0.05, 0) is 31.2 Å². The van der Waals surface area contributed by atoms with Crippen LogP contribution >= 0.6 is 0 Å². The summed E-state index contributed by atoms with van der Waals surface area (Å²) in [5, 5.41) is 13.9. The number of sulfonamides is 1. The van der Waals surface area contributed by atoms with Gasteiger partial charge in [-0.3, -0.25) is 4.31 Å². The van der Waals surface area contributed by atoms with Crippen LogP contribution in [0.4, 0.5) is 5.69 Å². The Balaban J connectivity index is 2.00. The highest BCUT2D eigenvalue weighted by molar-refractivity contribution is 7.92. The van der Waals surface area contributed by atoms with Gasteiger partial charge in [-0.1, -0.05) is 36.4 Å². The maximum Gasteiger partial charge on any atom is 0.267 e. The third-order valence-electron chi connectivity index (χ3n) is 3.64. The molecule has 0 saturated heterocycles. The number of aromatic nitrogens is 2. The highest BCUT2D eigenvalue weighted by Gasteiger charge is 2.27. The van der Waals surface area contributed by atoms with Gasteiger partial charge in [-0.25, -0.2) is 13.1 Å². The molecule has 0 bridgehead atoms. The van der Waals surface area contributed by atoms with Gasteiger partial charge in [0.2, 0.25) is 0 Å². The Hall–Kier alpha value is -2.64. The molecule has 0 radical (unpaired) electrons. The number of anilines is 1. The lowest BCUT2D eigenvalue weighted by atomic mass is 10.3. The van der Waals surface area contributed by atoms with Gasteiger partial charge < -0.3 is 5.11 Å². The van der Waals surface area contributed by atoms with Gasteiger partial charge in [-0.15, -0.1) is 0 Å². The minimum Gasteiger partial charge on any atom is -0.392 e. The number of hydrogen-bond acceptors (Lipinski definition) is 4. The van der Waals surface area contributed by atoms with Crippen LogP contribution in [0.1, 0.15) is 6.92 Å². The molecule has 0 spiro atoms. The second kappa shape index (κ2) is 7.08. The lowest BCUT2D eigenvalue weighted by molar-refractivity contribution is 0.204. The third-order valence-corrected chi connectivity index (χ3v) is 5.39. The molecule has 0 amide bonds. The second-order valence-corrected chi connectivity index (χ2v) is 7.54. The molecule has 1 aromatic heterocycles. The van der Waals surface area contributed by atoms with Gasteiger partial charge in [0.05, 0.1) is 36.4 Å². The minimum atomic E-state index is -3.85. The Morgan fingerprint density at radius 1 is 1.08 bits per heavy atom. The Bertz CT molecular complexity index is 922. The number of aliphatic hydroxyl groups is 1. The summed E-state index contributed by atoms with van der Waals surface area (Å²) in [5.74, 6) is 0. The highest BCUT2D eigenvalue weighted by Crippen LogP contribution is 2.24. The van der Waals surface area contributed by atoms with Crippen molar-refractivity contribution in [1.29, 1.82) is 0 Å². The Morgan fingerprint density at radius 2 is 1.68 bits per heavy atom. The number of rotatable bonds is 6. The molecule has 1 heterocycles. The van der Waals surface area contributed by atoms with Crippen molar-refractivity contribution in [3.63, 3.8) is 0 Å². The monoisotopic (exact) mass is 357 g/mol. The van der Waals surface area contributed by atoms with E-state index in [0.717, 1.165) is 5.69 Å². The van der Waals surface area contributed by atoms with Crippen LogP contribution in [0.3, 0.4) is 0 Å². The number of nitrogens with zero attached hydrogens (tertiary/aromatic N) is 3. The summed E-state index contributed by atoms with van der Waals surface area (Å²) in [6, 6.07) is 18.0. The molecule has 7 heteroatoms. The molecule has 1 N–H and O–H groups in total. The van der Waals surface area contributed by atoms with Crippen molar-refractivity contribution < 1.29 is 13.5 Å². The Labute approximate surface area is 147 Å². The van der Waals surface area contributed by atoms with Gasteiger partial charge in [0, 0.05) is 0 Å². The maximum absolute atomic E-state index is 13.1. The van der Waals surface area contributed by atoms with Gasteiger partial charge in [-0.2, -0.15) is 5.10 Å². The van der Waals surface area contributed by atoms with Crippen LogP contribution in [0.25, 0.3) is 5.69 Å². The first-order valence-electron chi connectivity index (χ1n) is 7.84. The molecule has 2 aromatic carbocycles. The minimum absolute atomic E-state index is 0.0388. The van der Waals surface area contributed by atoms with Gasteiger partial charge in [0.25, 0.3) is 10.0 Å². The summed E-state index contributed by atoms with van der Waals surface area (Å²) in [6.07, 6.45) is 1.99. The first-order chi connectivity index (χ1) is 12.0. The Morgan fingerprint density at radius 3 is 2.28 bits per heavy atom. The smallest absolute Gasteiger partial charge is 0.267 e. The molecular formula is C18H19N3O3S. The number of para-hydroxylation sites is 2. The molecule has 1 atom stereocenters. The summed E-state index contributed by atoms with van der Waals surface area (Å²) in [4.78, 5) is 0.0702. The van der Waals surface area contributed by atoms with E-state index in [9.17, 15) is 13.5 Å². The fraction of sp³-hybridized carbons (Fsp3) is 0.167. The Kier molecular flexibility index (Phi) is 4.87. The van der Waals surface area contributed by atoms with E-state index >= 15 is 0 Å². The molecule has 25 heavy (non-hydrogen) atoms. The molecule has 0 aliphatic heterocycles. The molecule has 0 unspecified atom stereocenters. The van der Waals surface area contributed by atoms with Crippen LogP contribution in [0.5, 0.6) is 0 Å². The van der Waals surface area contributed by atoms with Crippen molar-refractivity contribution >= 4 is 15.7 Å². The van der Waals surface area contributed by atoms with Gasteiger partial charge in [0.15, 0.2) is 0 Å². The number of benzene rings is 2. The fourth-order valence-electron chi connectivity index (χ4n) is 2.47. The molecule has 3 rings (SSSR count). The van der Waals surface area contributed by atoms with Crippen molar-refractivity contribution in [3.05, 3.63) is 73.1 Å². The van der Waals surface area contributed by atoms with Crippen LogP contribution < -0.4 is 4.31 Å². The van der Waals surface area contributed by atoms with Crippen LogP contribution in [0.15, 0.2) is 78.0 Å². The van der Waals surface area contributed by atoms with E-state index in [1.54, 1.807) is 31.2 Å². The molecule has 130 valence electrons. The SMILES string of the molecule is C[C@@H](O)CN(c1ccccc1)S(=O)(=O)c1cnn(-c2ccccc2)c1. The molecule has 0 aliphatic carbocycles. The highest BCUT2D eigenvalue weighted by atomic mass is 32.2. The van der Waals surface area contributed by atoms with Crippen molar-refractivity contribution in [1.82, 2.24) is 9.78 Å². The average Bonchev–Trinajstić information content (AvgIpc) is 3.12. The van der Waals surface area contributed by atoms with Crippen LogP contribution in [-0.4, -0.2) is 36.0 Å². The predicted molar refractivity (Wildman–Crippen MR) is 96.2 cm³/mol. The summed E-state index contributed by atoms with van der Waals surface area (Å²) in [7, 11) is -3.85. The van der Waals surface area contributed by atoms with Crippen LogP contribution in [-0.2, 0) is 10.0 Å². The zero-order valence-corrected chi connectivity index (χ0v) is 14.5. The first-order valence-corrected chi connectivity index (χ1v) is 9.28. The van der Waals surface area contributed by atoms with Crippen molar-refractivity contribution in [2.75, 3.05) is 10.8 Å². The largest absolute Gasteiger partial charge is 0.392 e. The van der Waals surface area contributed by atoms with Crippen molar-refractivity contribution in [2.45, 2.75) is 17.9 Å². The van der Waals surface area contributed by atoms with Crippen LogP contribution in [0.2, 0.25) is 0 Å². The molecule has 6 nitrogen and oxygen atoms in total. The molecule has 0 aliphatic rings. The molecule has 0 saturated carbocycles. The lowest BCUT2D eigenvalue weighted by Gasteiger charge is -2.25. The maximum atomic E-state index is 13.1. The van der Waals surface area contributed by atoms with E-state index in [1.807, 2.05) is 36.4 Å². The van der Waals surface area contributed by atoms with Crippen molar-refractivity contribution in [2.24, 2.45) is 0 Å². The molecule has 3 aromatic rings. The molecular weight excluding hydrogens is 338 g/mol. The summed E-state index contributed by atoms with van der Waals surface area (Å²) >= 11 is 0. The van der Waals surface area contributed by atoms with Gasteiger partial charge in [0.1, 0.15) is 4.90 Å². The van der Waals surface area contributed by atoms with E-state index < -0.39 is 16.1 Å². The quantitative estimate of drug-likeness (QED) is 0.735. The van der Waals surface area contributed by atoms with E-state index in [2.05, 4.69) is 5.10 Å². The normalized spacial score (nSPS) is 12.7. The van der Waals surface area contributed by atoms with E-state index in [-0.39, 0.29) is 11.4 Å². The predicted octanol–water partition coefficient (Wildman–Crippen LogP) is 2.45. The van der Waals surface area contributed by atoms with E-state index in [4.69, 9.17) is 0 Å². The zero-order valence-electron chi connectivity index (χ0n) is 13.7. The van der Waals surface area contributed by atoms with Gasteiger partial charge >= 0.3 is 0 Å².